The molecule has 1 heterocycles. The zero-order chi connectivity index (χ0) is 14.5. The highest BCUT2D eigenvalue weighted by Gasteiger charge is 2.12. The number of aromatic amines is 1. The average Bonchev–Trinajstić information content (AvgIpc) is 2.93. The number of nitro groups is 1. The predicted molar refractivity (Wildman–Crippen MR) is 71.9 cm³/mol. The molecule has 0 spiro atoms. The molecule has 7 nitrogen and oxygen atoms in total. The molecule has 1 unspecified atom stereocenters. The zero-order valence-corrected chi connectivity index (χ0v) is 10.9. The number of benzene rings is 1. The minimum atomic E-state index is -0.469. The number of non-ortho nitro benzene ring substituents is 1. The van der Waals surface area contributed by atoms with Crippen molar-refractivity contribution in [3.63, 3.8) is 0 Å². The Kier molecular flexibility index (Phi) is 4.09. The van der Waals surface area contributed by atoms with Crippen molar-refractivity contribution in [1.29, 1.82) is 0 Å². The lowest BCUT2D eigenvalue weighted by atomic mass is 10.1. The van der Waals surface area contributed by atoms with Crippen molar-refractivity contribution in [2.75, 3.05) is 0 Å². The summed E-state index contributed by atoms with van der Waals surface area (Å²) in [7, 11) is 0. The molecule has 0 aliphatic carbocycles. The monoisotopic (exact) mass is 274 g/mol. The van der Waals surface area contributed by atoms with Gasteiger partial charge in [0.1, 0.15) is 5.82 Å². The second-order valence-corrected chi connectivity index (χ2v) is 4.36. The lowest BCUT2D eigenvalue weighted by molar-refractivity contribution is -0.384. The lowest BCUT2D eigenvalue weighted by Crippen LogP contribution is -2.28. The van der Waals surface area contributed by atoms with Gasteiger partial charge in [-0.2, -0.15) is 0 Å². The van der Waals surface area contributed by atoms with Gasteiger partial charge >= 0.3 is 0 Å². The molecule has 0 aliphatic rings. The fraction of sp³-hybridized carbons (Fsp3) is 0.231. The fourth-order valence-electron chi connectivity index (χ4n) is 1.80. The normalized spacial score (nSPS) is 11.8. The summed E-state index contributed by atoms with van der Waals surface area (Å²) in [5.74, 6) is 0.518. The van der Waals surface area contributed by atoms with Gasteiger partial charge in [-0.05, 0) is 12.5 Å². The van der Waals surface area contributed by atoms with Crippen molar-refractivity contribution in [3.8, 4) is 0 Å². The molecule has 20 heavy (non-hydrogen) atoms. The van der Waals surface area contributed by atoms with Crippen molar-refractivity contribution in [2.24, 2.45) is 0 Å². The van der Waals surface area contributed by atoms with Crippen LogP contribution in [0.15, 0.2) is 36.7 Å². The molecule has 0 saturated heterocycles. The highest BCUT2D eigenvalue weighted by Crippen LogP contribution is 2.13. The number of amides is 1. The topological polar surface area (TPSA) is 101 Å². The molecule has 1 aromatic carbocycles. The zero-order valence-electron chi connectivity index (χ0n) is 10.9. The highest BCUT2D eigenvalue weighted by molar-refractivity contribution is 5.78. The summed E-state index contributed by atoms with van der Waals surface area (Å²) in [4.78, 5) is 28.9. The first kappa shape index (κ1) is 13.7. The molecule has 2 rings (SSSR count). The molecule has 0 fully saturated rings. The summed E-state index contributed by atoms with van der Waals surface area (Å²) in [6.07, 6.45) is 3.48. The maximum Gasteiger partial charge on any atom is 0.269 e. The minimum Gasteiger partial charge on any atom is -0.347 e. The number of hydrogen-bond donors (Lipinski definition) is 2. The molecule has 0 bridgehead atoms. The number of nitrogens with zero attached hydrogens (tertiary/aromatic N) is 2. The van der Waals surface area contributed by atoms with Crippen LogP contribution in [-0.2, 0) is 11.2 Å². The largest absolute Gasteiger partial charge is 0.347 e. The highest BCUT2D eigenvalue weighted by atomic mass is 16.6. The third-order valence-corrected chi connectivity index (χ3v) is 2.82. The molecule has 1 aromatic heterocycles. The van der Waals surface area contributed by atoms with Gasteiger partial charge in [-0.3, -0.25) is 14.9 Å². The van der Waals surface area contributed by atoms with E-state index in [1.165, 1.54) is 12.1 Å². The van der Waals surface area contributed by atoms with Gasteiger partial charge in [0.15, 0.2) is 0 Å². The Hall–Kier alpha value is -2.70. The average molecular weight is 274 g/mol. The molecule has 0 saturated carbocycles. The summed E-state index contributed by atoms with van der Waals surface area (Å²) >= 11 is 0. The molecular weight excluding hydrogens is 260 g/mol. The maximum absolute atomic E-state index is 11.9. The van der Waals surface area contributed by atoms with Crippen LogP contribution in [0, 0.1) is 10.1 Å². The smallest absolute Gasteiger partial charge is 0.269 e. The molecule has 0 radical (unpaired) electrons. The van der Waals surface area contributed by atoms with E-state index in [1.807, 2.05) is 6.92 Å². The number of nitrogens with one attached hydrogen (secondary N) is 2. The number of hydrogen-bond acceptors (Lipinski definition) is 4. The van der Waals surface area contributed by atoms with Crippen molar-refractivity contribution in [2.45, 2.75) is 19.4 Å². The van der Waals surface area contributed by atoms with Crippen molar-refractivity contribution in [3.05, 3.63) is 58.2 Å². The van der Waals surface area contributed by atoms with E-state index in [0.717, 1.165) is 5.56 Å². The SMILES string of the molecule is CC(NC(=O)Cc1ccc([N+](=O)[O-])cc1)c1ncc[nH]1. The van der Waals surface area contributed by atoms with Crippen LogP contribution < -0.4 is 5.32 Å². The van der Waals surface area contributed by atoms with Gasteiger partial charge in [-0.15, -0.1) is 0 Å². The Morgan fingerprint density at radius 3 is 2.70 bits per heavy atom. The number of carbonyl (C=O) groups excluding carboxylic acids is 1. The standard InChI is InChI=1S/C13H14N4O3/c1-9(13-14-6-7-15-13)16-12(18)8-10-2-4-11(5-3-10)17(19)20/h2-7,9H,8H2,1H3,(H,14,15)(H,16,18). The second-order valence-electron chi connectivity index (χ2n) is 4.36. The fourth-order valence-corrected chi connectivity index (χ4v) is 1.80. The summed E-state index contributed by atoms with van der Waals surface area (Å²) in [5.41, 5.74) is 0.734. The summed E-state index contributed by atoms with van der Waals surface area (Å²) in [6.45, 7) is 1.83. The number of H-pyrrole nitrogens is 1. The Bertz CT molecular complexity index is 593. The first-order valence-electron chi connectivity index (χ1n) is 6.08. The third-order valence-electron chi connectivity index (χ3n) is 2.82. The number of rotatable bonds is 5. The van der Waals surface area contributed by atoms with E-state index < -0.39 is 4.92 Å². The molecule has 1 atom stereocenters. The molecule has 0 aliphatic heterocycles. The van der Waals surface area contributed by atoms with Crippen LogP contribution in [-0.4, -0.2) is 20.8 Å². The van der Waals surface area contributed by atoms with Gasteiger partial charge in [0.25, 0.3) is 5.69 Å². The summed E-state index contributed by atoms with van der Waals surface area (Å²) in [6, 6.07) is 5.72. The lowest BCUT2D eigenvalue weighted by Gasteiger charge is -2.11. The summed E-state index contributed by atoms with van der Waals surface area (Å²) < 4.78 is 0. The molecule has 7 heteroatoms. The number of carbonyl (C=O) groups is 1. The Morgan fingerprint density at radius 2 is 2.15 bits per heavy atom. The van der Waals surface area contributed by atoms with Gasteiger partial charge in [0, 0.05) is 24.5 Å². The first-order chi connectivity index (χ1) is 9.56. The molecule has 1 amide bonds. The van der Waals surface area contributed by atoms with Crippen molar-refractivity contribution in [1.82, 2.24) is 15.3 Å². The molecule has 2 N–H and O–H groups in total. The Morgan fingerprint density at radius 1 is 1.45 bits per heavy atom. The maximum atomic E-state index is 11.9. The first-order valence-corrected chi connectivity index (χ1v) is 6.08. The van der Waals surface area contributed by atoms with Crippen LogP contribution in [0.5, 0.6) is 0 Å². The molecular formula is C13H14N4O3. The van der Waals surface area contributed by atoms with E-state index in [0.29, 0.717) is 5.82 Å². The number of aromatic nitrogens is 2. The van der Waals surface area contributed by atoms with Crippen LogP contribution in [0.1, 0.15) is 24.4 Å². The molecule has 2 aromatic rings. The van der Waals surface area contributed by atoms with E-state index in [9.17, 15) is 14.9 Å². The van der Waals surface area contributed by atoms with Gasteiger partial charge in [0.2, 0.25) is 5.91 Å². The van der Waals surface area contributed by atoms with Crippen molar-refractivity contribution < 1.29 is 9.72 Å². The van der Waals surface area contributed by atoms with E-state index in [-0.39, 0.29) is 24.1 Å². The van der Waals surface area contributed by atoms with Crippen LogP contribution in [0.4, 0.5) is 5.69 Å². The number of nitro benzene ring substituents is 1. The van der Waals surface area contributed by atoms with Crippen LogP contribution >= 0.6 is 0 Å². The predicted octanol–water partition coefficient (Wildman–Crippen LogP) is 1.74. The minimum absolute atomic E-state index is 0.0121. The van der Waals surface area contributed by atoms with Gasteiger partial charge in [-0.25, -0.2) is 4.98 Å². The van der Waals surface area contributed by atoms with Gasteiger partial charge < -0.3 is 10.3 Å². The van der Waals surface area contributed by atoms with Crippen LogP contribution in [0.3, 0.4) is 0 Å². The van der Waals surface area contributed by atoms with Crippen LogP contribution in [0.25, 0.3) is 0 Å². The van der Waals surface area contributed by atoms with E-state index in [4.69, 9.17) is 0 Å². The van der Waals surface area contributed by atoms with Crippen molar-refractivity contribution >= 4 is 11.6 Å². The Labute approximate surface area is 115 Å². The quantitative estimate of drug-likeness (QED) is 0.640. The summed E-state index contributed by atoms with van der Waals surface area (Å²) in [5, 5.41) is 13.3. The van der Waals surface area contributed by atoms with Gasteiger partial charge in [-0.1, -0.05) is 12.1 Å². The molecule has 104 valence electrons. The number of imidazole rings is 1. The van der Waals surface area contributed by atoms with E-state index in [2.05, 4.69) is 15.3 Å². The second kappa shape index (κ2) is 5.96. The van der Waals surface area contributed by atoms with E-state index in [1.54, 1.807) is 24.5 Å². The van der Waals surface area contributed by atoms with Gasteiger partial charge in [0.05, 0.1) is 17.4 Å². The van der Waals surface area contributed by atoms with Crippen LogP contribution in [0.2, 0.25) is 0 Å². The van der Waals surface area contributed by atoms with E-state index >= 15 is 0 Å². The third kappa shape index (κ3) is 3.41. The Balaban J connectivity index is 1.92.